The van der Waals surface area contributed by atoms with Crippen molar-refractivity contribution in [3.63, 3.8) is 0 Å². The van der Waals surface area contributed by atoms with Crippen LogP contribution in [0.1, 0.15) is 41.7 Å². The Balaban J connectivity index is 1.71. The molecule has 1 fully saturated rings. The number of nitrogens with zero attached hydrogens (tertiary/aromatic N) is 2. The van der Waals surface area contributed by atoms with E-state index in [9.17, 15) is 4.79 Å². The molecule has 2 aromatic rings. The summed E-state index contributed by atoms with van der Waals surface area (Å²) in [4.78, 5) is 20.1. The maximum absolute atomic E-state index is 12.1. The highest BCUT2D eigenvalue weighted by Gasteiger charge is 2.36. The minimum Gasteiger partial charge on any atom is -0.350 e. The van der Waals surface area contributed by atoms with Crippen molar-refractivity contribution >= 4 is 17.2 Å². The summed E-state index contributed by atoms with van der Waals surface area (Å²) >= 11 is 1.72. The fourth-order valence-electron chi connectivity index (χ4n) is 2.94. The predicted octanol–water partition coefficient (Wildman–Crippen LogP) is 2.78. The van der Waals surface area contributed by atoms with Gasteiger partial charge in [-0.1, -0.05) is 12.8 Å². The van der Waals surface area contributed by atoms with Gasteiger partial charge in [-0.25, -0.2) is 4.98 Å². The van der Waals surface area contributed by atoms with Gasteiger partial charge in [0.1, 0.15) is 5.69 Å². The van der Waals surface area contributed by atoms with Gasteiger partial charge < -0.3 is 5.32 Å². The summed E-state index contributed by atoms with van der Waals surface area (Å²) in [5.41, 5.74) is 1.85. The third kappa shape index (κ3) is 2.58. The number of thiophene rings is 1. The first kappa shape index (κ1) is 13.2. The average molecular weight is 287 g/mol. The van der Waals surface area contributed by atoms with Crippen molar-refractivity contribution < 1.29 is 4.79 Å². The minimum atomic E-state index is -0.139. The lowest BCUT2D eigenvalue weighted by Gasteiger charge is -2.28. The van der Waals surface area contributed by atoms with Gasteiger partial charge in [0.2, 0.25) is 0 Å². The second kappa shape index (κ2) is 5.71. The van der Waals surface area contributed by atoms with Crippen LogP contribution < -0.4 is 5.32 Å². The summed E-state index contributed by atoms with van der Waals surface area (Å²) in [7, 11) is 0. The Hall–Kier alpha value is -1.75. The van der Waals surface area contributed by atoms with Gasteiger partial charge >= 0.3 is 0 Å². The van der Waals surface area contributed by atoms with E-state index in [0.717, 1.165) is 12.8 Å². The van der Waals surface area contributed by atoms with Crippen LogP contribution >= 0.6 is 11.3 Å². The zero-order valence-electron chi connectivity index (χ0n) is 11.2. The van der Waals surface area contributed by atoms with Gasteiger partial charge in [-0.2, -0.15) is 11.3 Å². The topological polar surface area (TPSA) is 54.9 Å². The van der Waals surface area contributed by atoms with Crippen molar-refractivity contribution in [2.45, 2.75) is 31.1 Å². The maximum Gasteiger partial charge on any atom is 0.271 e. The molecule has 20 heavy (non-hydrogen) atoms. The normalized spacial score (nSPS) is 17.0. The van der Waals surface area contributed by atoms with Gasteiger partial charge in [-0.05, 0) is 35.2 Å². The number of aromatic nitrogens is 2. The molecule has 3 rings (SSSR count). The second-order valence-corrected chi connectivity index (χ2v) is 6.05. The number of amides is 1. The Bertz CT molecular complexity index is 562. The molecule has 0 bridgehead atoms. The van der Waals surface area contributed by atoms with Crippen LogP contribution in [0.5, 0.6) is 0 Å². The van der Waals surface area contributed by atoms with Crippen LogP contribution in [0, 0.1) is 0 Å². The van der Waals surface area contributed by atoms with Crippen LogP contribution in [0.25, 0.3) is 0 Å². The first-order chi connectivity index (χ1) is 9.80. The molecule has 0 saturated heterocycles. The molecule has 1 amide bonds. The molecular formula is C15H17N3OS. The van der Waals surface area contributed by atoms with Gasteiger partial charge in [0.05, 0.1) is 6.20 Å². The molecule has 1 aliphatic carbocycles. The van der Waals surface area contributed by atoms with E-state index in [1.165, 1.54) is 24.6 Å². The molecule has 0 spiro atoms. The van der Waals surface area contributed by atoms with Crippen LogP contribution in [-0.2, 0) is 5.41 Å². The fourth-order valence-corrected chi connectivity index (χ4v) is 3.72. The number of hydrogen-bond donors (Lipinski definition) is 1. The highest BCUT2D eigenvalue weighted by atomic mass is 32.1. The number of hydrogen-bond acceptors (Lipinski definition) is 4. The molecule has 104 valence electrons. The largest absolute Gasteiger partial charge is 0.350 e. The van der Waals surface area contributed by atoms with E-state index >= 15 is 0 Å². The van der Waals surface area contributed by atoms with Crippen molar-refractivity contribution in [3.05, 3.63) is 46.7 Å². The zero-order valence-corrected chi connectivity index (χ0v) is 12.0. The highest BCUT2D eigenvalue weighted by molar-refractivity contribution is 7.08. The molecule has 1 N–H and O–H groups in total. The zero-order chi connectivity index (χ0) is 13.8. The molecule has 0 radical (unpaired) electrons. The van der Waals surface area contributed by atoms with E-state index in [1.807, 2.05) is 0 Å². The molecule has 2 aromatic heterocycles. The first-order valence-electron chi connectivity index (χ1n) is 6.87. The Morgan fingerprint density at radius 3 is 2.85 bits per heavy atom. The summed E-state index contributed by atoms with van der Waals surface area (Å²) in [5.74, 6) is -0.139. The number of nitrogens with one attached hydrogen (secondary N) is 1. The number of rotatable bonds is 4. The summed E-state index contributed by atoms with van der Waals surface area (Å²) in [5, 5.41) is 7.35. The number of carbonyl (C=O) groups is 1. The smallest absolute Gasteiger partial charge is 0.271 e. The van der Waals surface area contributed by atoms with Crippen LogP contribution in [-0.4, -0.2) is 22.4 Å². The lowest BCUT2D eigenvalue weighted by molar-refractivity contribution is 0.0937. The maximum atomic E-state index is 12.1. The van der Waals surface area contributed by atoms with E-state index in [4.69, 9.17) is 0 Å². The van der Waals surface area contributed by atoms with Crippen molar-refractivity contribution in [3.8, 4) is 0 Å². The van der Waals surface area contributed by atoms with Gasteiger partial charge in [-0.15, -0.1) is 0 Å². The third-order valence-corrected chi connectivity index (χ3v) is 4.76. The van der Waals surface area contributed by atoms with Crippen molar-refractivity contribution in [1.29, 1.82) is 0 Å². The third-order valence-electron chi connectivity index (χ3n) is 4.08. The van der Waals surface area contributed by atoms with Crippen molar-refractivity contribution in [1.82, 2.24) is 15.3 Å². The Morgan fingerprint density at radius 1 is 1.35 bits per heavy atom. The average Bonchev–Trinajstić information content (AvgIpc) is 3.17. The van der Waals surface area contributed by atoms with Gasteiger partial charge in [-0.3, -0.25) is 9.78 Å². The summed E-state index contributed by atoms with van der Waals surface area (Å²) in [6.07, 6.45) is 9.36. The summed E-state index contributed by atoms with van der Waals surface area (Å²) in [6.45, 7) is 0.680. The molecular weight excluding hydrogens is 270 g/mol. The van der Waals surface area contributed by atoms with Gasteiger partial charge in [0.25, 0.3) is 5.91 Å². The van der Waals surface area contributed by atoms with E-state index < -0.39 is 0 Å². The van der Waals surface area contributed by atoms with Crippen molar-refractivity contribution in [2.24, 2.45) is 0 Å². The second-order valence-electron chi connectivity index (χ2n) is 5.27. The molecule has 1 aliphatic rings. The van der Waals surface area contributed by atoms with Crippen LogP contribution in [0.2, 0.25) is 0 Å². The molecule has 4 nitrogen and oxygen atoms in total. The highest BCUT2D eigenvalue weighted by Crippen LogP contribution is 2.41. The Morgan fingerprint density at radius 2 is 2.20 bits per heavy atom. The monoisotopic (exact) mass is 287 g/mol. The summed E-state index contributed by atoms with van der Waals surface area (Å²) < 4.78 is 0. The SMILES string of the molecule is O=C(NCC1(c2ccsc2)CCCC1)c1cnccn1. The van der Waals surface area contributed by atoms with Crippen LogP contribution in [0.15, 0.2) is 35.4 Å². The van der Waals surface area contributed by atoms with E-state index in [1.54, 1.807) is 23.7 Å². The molecule has 5 heteroatoms. The molecule has 1 saturated carbocycles. The van der Waals surface area contributed by atoms with Gasteiger partial charge in [0.15, 0.2) is 0 Å². The standard InChI is InChI=1S/C15H17N3OS/c19-14(13-9-16-6-7-17-13)18-11-15(4-1-2-5-15)12-3-8-20-10-12/h3,6-10H,1-2,4-5,11H2,(H,18,19). The van der Waals surface area contributed by atoms with E-state index in [2.05, 4.69) is 32.1 Å². The van der Waals surface area contributed by atoms with E-state index in [-0.39, 0.29) is 11.3 Å². The fraction of sp³-hybridized carbons (Fsp3) is 0.400. The number of carbonyl (C=O) groups excluding carboxylic acids is 1. The lowest BCUT2D eigenvalue weighted by Crippen LogP contribution is -2.39. The molecule has 0 unspecified atom stereocenters. The van der Waals surface area contributed by atoms with Crippen molar-refractivity contribution in [2.75, 3.05) is 6.54 Å². The quantitative estimate of drug-likeness (QED) is 0.940. The van der Waals surface area contributed by atoms with Gasteiger partial charge in [0, 0.05) is 24.4 Å². The van der Waals surface area contributed by atoms with E-state index in [0.29, 0.717) is 12.2 Å². The minimum absolute atomic E-state index is 0.109. The predicted molar refractivity (Wildman–Crippen MR) is 78.8 cm³/mol. The molecule has 0 aromatic carbocycles. The summed E-state index contributed by atoms with van der Waals surface area (Å²) in [6, 6.07) is 2.18. The Kier molecular flexibility index (Phi) is 3.78. The molecule has 2 heterocycles. The lowest BCUT2D eigenvalue weighted by atomic mass is 9.80. The molecule has 0 atom stereocenters. The first-order valence-corrected chi connectivity index (χ1v) is 7.81. The molecule has 0 aliphatic heterocycles. The van der Waals surface area contributed by atoms with Crippen LogP contribution in [0.4, 0.5) is 0 Å². The Labute approximate surface area is 122 Å². The van der Waals surface area contributed by atoms with Crippen LogP contribution in [0.3, 0.4) is 0 Å².